The number of thiazole rings is 1. The lowest BCUT2D eigenvalue weighted by Crippen LogP contribution is -1.93. The molecule has 2 rings (SSSR count). The van der Waals surface area contributed by atoms with Gasteiger partial charge in [0.25, 0.3) is 0 Å². The molecule has 84 valence electrons. The predicted molar refractivity (Wildman–Crippen MR) is 67.9 cm³/mol. The summed E-state index contributed by atoms with van der Waals surface area (Å²) in [7, 11) is 0. The summed E-state index contributed by atoms with van der Waals surface area (Å²) in [6.45, 7) is 4.43. The minimum atomic E-state index is 0.572. The van der Waals surface area contributed by atoms with Crippen molar-refractivity contribution >= 4 is 11.3 Å². The van der Waals surface area contributed by atoms with Crippen LogP contribution in [0.5, 0.6) is 0 Å². The molecule has 0 aromatic carbocycles. The highest BCUT2D eigenvalue weighted by atomic mass is 32.1. The van der Waals surface area contributed by atoms with Gasteiger partial charge in [0, 0.05) is 24.2 Å². The Labute approximate surface area is 100 Å². The molecule has 1 unspecified atom stereocenters. The molecule has 0 radical (unpaired) electrons. The average Bonchev–Trinajstić information content (AvgIpc) is 2.78. The van der Waals surface area contributed by atoms with Gasteiger partial charge in [0.2, 0.25) is 0 Å². The van der Waals surface area contributed by atoms with E-state index in [1.807, 2.05) is 24.5 Å². The molecule has 3 heteroatoms. The fourth-order valence-electron chi connectivity index (χ4n) is 1.52. The van der Waals surface area contributed by atoms with E-state index in [2.05, 4.69) is 29.2 Å². The molecule has 0 aliphatic heterocycles. The van der Waals surface area contributed by atoms with Gasteiger partial charge >= 0.3 is 0 Å². The second kappa shape index (κ2) is 5.21. The second-order valence-corrected chi connectivity index (χ2v) is 4.95. The Bertz CT molecular complexity index is 436. The van der Waals surface area contributed by atoms with Crippen molar-refractivity contribution < 1.29 is 0 Å². The van der Waals surface area contributed by atoms with Crippen LogP contribution in [0.15, 0.2) is 29.9 Å². The minimum absolute atomic E-state index is 0.572. The van der Waals surface area contributed by atoms with Crippen LogP contribution in [0.25, 0.3) is 0 Å². The van der Waals surface area contributed by atoms with E-state index >= 15 is 0 Å². The fraction of sp³-hybridized carbons (Fsp3) is 0.385. The number of aromatic nitrogens is 2. The van der Waals surface area contributed by atoms with Crippen molar-refractivity contribution in [2.75, 3.05) is 0 Å². The van der Waals surface area contributed by atoms with Crippen LogP contribution in [0, 0.1) is 0 Å². The molecule has 0 amide bonds. The molecule has 0 saturated carbocycles. The fourth-order valence-corrected chi connectivity index (χ4v) is 2.47. The van der Waals surface area contributed by atoms with Crippen LogP contribution in [0.2, 0.25) is 0 Å². The number of nitrogens with zero attached hydrogens (tertiary/aromatic N) is 2. The van der Waals surface area contributed by atoms with Gasteiger partial charge in [0.05, 0.1) is 10.7 Å². The molecule has 0 fully saturated rings. The van der Waals surface area contributed by atoms with Gasteiger partial charge in [0.1, 0.15) is 0 Å². The maximum atomic E-state index is 4.67. The average molecular weight is 232 g/mol. The zero-order valence-corrected chi connectivity index (χ0v) is 10.5. The quantitative estimate of drug-likeness (QED) is 0.804. The van der Waals surface area contributed by atoms with Crippen molar-refractivity contribution in [3.05, 3.63) is 46.2 Å². The Morgan fingerprint density at radius 3 is 2.75 bits per heavy atom. The Morgan fingerprint density at radius 1 is 1.31 bits per heavy atom. The van der Waals surface area contributed by atoms with E-state index in [0.717, 1.165) is 12.8 Å². The minimum Gasteiger partial charge on any atom is -0.265 e. The van der Waals surface area contributed by atoms with Crippen molar-refractivity contribution in [1.82, 2.24) is 9.97 Å². The monoisotopic (exact) mass is 232 g/mol. The van der Waals surface area contributed by atoms with Crippen LogP contribution in [0.3, 0.4) is 0 Å². The lowest BCUT2D eigenvalue weighted by molar-refractivity contribution is 0.710. The van der Waals surface area contributed by atoms with Gasteiger partial charge in [-0.15, -0.1) is 11.3 Å². The highest BCUT2D eigenvalue weighted by Gasteiger charge is 2.08. The van der Waals surface area contributed by atoms with Gasteiger partial charge in [-0.3, -0.25) is 4.98 Å². The number of hydrogen-bond acceptors (Lipinski definition) is 3. The van der Waals surface area contributed by atoms with E-state index in [1.165, 1.54) is 16.3 Å². The molecule has 0 aliphatic carbocycles. The molecule has 2 nitrogen and oxygen atoms in total. The lowest BCUT2D eigenvalue weighted by atomic mass is 10.1. The van der Waals surface area contributed by atoms with Gasteiger partial charge in [-0.25, -0.2) is 4.98 Å². The van der Waals surface area contributed by atoms with E-state index in [4.69, 9.17) is 0 Å². The molecule has 0 N–H and O–H groups in total. The number of pyridine rings is 1. The van der Waals surface area contributed by atoms with Gasteiger partial charge in [-0.2, -0.15) is 0 Å². The van der Waals surface area contributed by atoms with E-state index in [9.17, 15) is 0 Å². The summed E-state index contributed by atoms with van der Waals surface area (Å²) in [5.41, 5.74) is 2.51. The standard InChI is InChI=1S/C13H16N2S/c1-3-10(2)12-9-16-13(15-12)8-11-4-6-14-7-5-11/h4-7,9-10H,3,8H2,1-2H3. The van der Waals surface area contributed by atoms with Gasteiger partial charge in [-0.05, 0) is 30.0 Å². The molecule has 2 aromatic heterocycles. The van der Waals surface area contributed by atoms with Crippen molar-refractivity contribution in [3.8, 4) is 0 Å². The third-order valence-corrected chi connectivity index (χ3v) is 3.66. The summed E-state index contributed by atoms with van der Waals surface area (Å²) in [6.07, 6.45) is 5.74. The van der Waals surface area contributed by atoms with Crippen molar-refractivity contribution in [3.63, 3.8) is 0 Å². The Kier molecular flexibility index (Phi) is 3.67. The van der Waals surface area contributed by atoms with Crippen LogP contribution < -0.4 is 0 Å². The Hall–Kier alpha value is -1.22. The smallest absolute Gasteiger partial charge is 0.0972 e. The molecule has 0 aliphatic rings. The highest BCUT2D eigenvalue weighted by molar-refractivity contribution is 7.09. The third kappa shape index (κ3) is 2.67. The lowest BCUT2D eigenvalue weighted by Gasteiger charge is -2.02. The first-order valence-electron chi connectivity index (χ1n) is 5.62. The largest absolute Gasteiger partial charge is 0.265 e. The molecule has 16 heavy (non-hydrogen) atoms. The summed E-state index contributed by atoms with van der Waals surface area (Å²) < 4.78 is 0. The van der Waals surface area contributed by atoms with Crippen LogP contribution in [-0.2, 0) is 6.42 Å². The van der Waals surface area contributed by atoms with Crippen LogP contribution in [0.1, 0.15) is 42.5 Å². The second-order valence-electron chi connectivity index (χ2n) is 4.01. The molecular weight excluding hydrogens is 216 g/mol. The SMILES string of the molecule is CCC(C)c1csc(Cc2ccncc2)n1. The first-order valence-corrected chi connectivity index (χ1v) is 6.50. The summed E-state index contributed by atoms with van der Waals surface area (Å²) >= 11 is 1.76. The molecule has 2 heterocycles. The van der Waals surface area contributed by atoms with E-state index in [1.54, 1.807) is 11.3 Å². The Morgan fingerprint density at radius 2 is 2.06 bits per heavy atom. The summed E-state index contributed by atoms with van der Waals surface area (Å²) in [6, 6.07) is 4.09. The normalized spacial score (nSPS) is 12.6. The number of hydrogen-bond donors (Lipinski definition) is 0. The zero-order chi connectivity index (χ0) is 11.4. The van der Waals surface area contributed by atoms with Crippen LogP contribution in [0.4, 0.5) is 0 Å². The molecule has 2 aromatic rings. The van der Waals surface area contributed by atoms with Crippen LogP contribution in [-0.4, -0.2) is 9.97 Å². The first-order chi connectivity index (χ1) is 7.79. The maximum absolute atomic E-state index is 4.67. The van der Waals surface area contributed by atoms with Crippen LogP contribution >= 0.6 is 11.3 Å². The topological polar surface area (TPSA) is 25.8 Å². The van der Waals surface area contributed by atoms with E-state index < -0.39 is 0 Å². The van der Waals surface area contributed by atoms with Crippen molar-refractivity contribution in [2.45, 2.75) is 32.6 Å². The zero-order valence-electron chi connectivity index (χ0n) is 9.68. The molecule has 1 atom stereocenters. The van der Waals surface area contributed by atoms with Crippen molar-refractivity contribution in [2.24, 2.45) is 0 Å². The Balaban J connectivity index is 2.09. The molecular formula is C13H16N2S. The highest BCUT2D eigenvalue weighted by Crippen LogP contribution is 2.22. The summed E-state index contributed by atoms with van der Waals surface area (Å²) in [5.74, 6) is 0.572. The molecule has 0 bridgehead atoms. The molecule has 0 spiro atoms. The van der Waals surface area contributed by atoms with Gasteiger partial charge in [-0.1, -0.05) is 13.8 Å². The van der Waals surface area contributed by atoms with Crippen molar-refractivity contribution in [1.29, 1.82) is 0 Å². The number of rotatable bonds is 4. The van der Waals surface area contributed by atoms with E-state index in [0.29, 0.717) is 5.92 Å². The van der Waals surface area contributed by atoms with E-state index in [-0.39, 0.29) is 0 Å². The maximum Gasteiger partial charge on any atom is 0.0972 e. The predicted octanol–water partition coefficient (Wildman–Crippen LogP) is 3.64. The van der Waals surface area contributed by atoms with Gasteiger partial charge in [0.15, 0.2) is 0 Å². The van der Waals surface area contributed by atoms with Gasteiger partial charge < -0.3 is 0 Å². The first kappa shape index (κ1) is 11.3. The summed E-state index contributed by atoms with van der Waals surface area (Å²) in [5, 5.41) is 3.38. The molecule has 0 saturated heterocycles. The summed E-state index contributed by atoms with van der Waals surface area (Å²) in [4.78, 5) is 8.69. The third-order valence-electron chi connectivity index (χ3n) is 2.79.